The first-order valence-corrected chi connectivity index (χ1v) is 4.76. The van der Waals surface area contributed by atoms with Gasteiger partial charge in [-0.25, -0.2) is 9.59 Å². The van der Waals surface area contributed by atoms with E-state index in [1.165, 1.54) is 0 Å². The van der Waals surface area contributed by atoms with Crippen molar-refractivity contribution in [3.63, 3.8) is 0 Å². The fourth-order valence-corrected chi connectivity index (χ4v) is 0.909. The van der Waals surface area contributed by atoms with Gasteiger partial charge in [-0.05, 0) is 6.42 Å². The maximum absolute atomic E-state index is 10.9. The van der Waals surface area contributed by atoms with Crippen molar-refractivity contribution >= 4 is 11.9 Å². The third kappa shape index (κ3) is 6.49. The summed E-state index contributed by atoms with van der Waals surface area (Å²) in [7, 11) is 0. The van der Waals surface area contributed by atoms with Gasteiger partial charge in [0.25, 0.3) is 0 Å². The second kappa shape index (κ2) is 7.79. The quantitative estimate of drug-likeness (QED) is 0.475. The van der Waals surface area contributed by atoms with Crippen LogP contribution in [0.3, 0.4) is 0 Å². The van der Waals surface area contributed by atoms with Crippen molar-refractivity contribution in [3.8, 4) is 0 Å². The number of carbonyl (C=O) groups is 2. The molecule has 0 heterocycles. The monoisotopic (exact) mass is 212 g/mol. The summed E-state index contributed by atoms with van der Waals surface area (Å²) in [6, 6.07) is 0. The number of hydrogen-bond donors (Lipinski definition) is 0. The zero-order chi connectivity index (χ0) is 11.7. The number of esters is 2. The normalized spacial score (nSPS) is 11.3. The van der Waals surface area contributed by atoms with Crippen molar-refractivity contribution in [2.24, 2.45) is 0 Å². The van der Waals surface area contributed by atoms with Crippen LogP contribution in [0.2, 0.25) is 0 Å². The fraction of sp³-hybridized carbons (Fsp3) is 0.455. The van der Waals surface area contributed by atoms with E-state index in [0.29, 0.717) is 12.8 Å². The molecule has 4 nitrogen and oxygen atoms in total. The molecule has 0 aliphatic heterocycles. The van der Waals surface area contributed by atoms with Crippen molar-refractivity contribution < 1.29 is 19.1 Å². The third-order valence-electron chi connectivity index (χ3n) is 1.76. The average molecular weight is 212 g/mol. The van der Waals surface area contributed by atoms with Gasteiger partial charge in [0.15, 0.2) is 0 Å². The van der Waals surface area contributed by atoms with Crippen LogP contribution in [0, 0.1) is 0 Å². The Hall–Kier alpha value is -1.58. The summed E-state index contributed by atoms with van der Waals surface area (Å²) in [6.45, 7) is 8.66. The van der Waals surface area contributed by atoms with Crippen molar-refractivity contribution in [2.75, 3.05) is 6.61 Å². The minimum absolute atomic E-state index is 0.216. The zero-order valence-corrected chi connectivity index (χ0v) is 8.90. The summed E-state index contributed by atoms with van der Waals surface area (Å²) in [5, 5.41) is 0. The van der Waals surface area contributed by atoms with Crippen LogP contribution in [0.5, 0.6) is 0 Å². The largest absolute Gasteiger partial charge is 0.462 e. The predicted molar refractivity (Wildman–Crippen MR) is 56.1 cm³/mol. The Morgan fingerprint density at radius 2 is 1.87 bits per heavy atom. The van der Waals surface area contributed by atoms with Crippen molar-refractivity contribution in [1.82, 2.24) is 0 Å². The molecule has 4 heteroatoms. The van der Waals surface area contributed by atoms with Gasteiger partial charge in [0.2, 0.25) is 0 Å². The van der Waals surface area contributed by atoms with Gasteiger partial charge in [0.05, 0.1) is 6.61 Å². The van der Waals surface area contributed by atoms with E-state index in [-0.39, 0.29) is 12.7 Å². The molecule has 0 aromatic carbocycles. The van der Waals surface area contributed by atoms with Crippen molar-refractivity contribution in [3.05, 3.63) is 25.3 Å². The Labute approximate surface area is 89.6 Å². The Bertz CT molecular complexity index is 245. The second-order valence-electron chi connectivity index (χ2n) is 2.83. The van der Waals surface area contributed by atoms with Gasteiger partial charge in [-0.2, -0.15) is 0 Å². The lowest BCUT2D eigenvalue weighted by molar-refractivity contribution is -0.145. The molecule has 0 bridgehead atoms. The van der Waals surface area contributed by atoms with Crippen molar-refractivity contribution in [1.29, 1.82) is 0 Å². The SMILES string of the molecule is C=CC(=O)OCCC(CC)OC(=O)C=C. The number of ether oxygens (including phenoxy) is 2. The van der Waals surface area contributed by atoms with Gasteiger partial charge in [-0.15, -0.1) is 0 Å². The summed E-state index contributed by atoms with van der Waals surface area (Å²) in [5.41, 5.74) is 0. The standard InChI is InChI=1S/C11H16O4/c1-4-9(15-11(13)6-3)7-8-14-10(12)5-2/h5-6,9H,2-4,7-8H2,1H3. The van der Waals surface area contributed by atoms with Crippen LogP contribution in [0.1, 0.15) is 19.8 Å². The molecule has 0 saturated heterocycles. The highest BCUT2D eigenvalue weighted by Crippen LogP contribution is 2.04. The molecule has 0 aliphatic carbocycles. The number of hydrogen-bond acceptors (Lipinski definition) is 4. The number of carbonyl (C=O) groups excluding carboxylic acids is 2. The molecule has 0 aliphatic rings. The first-order chi connectivity index (χ1) is 7.13. The second-order valence-corrected chi connectivity index (χ2v) is 2.83. The Balaban J connectivity index is 3.79. The summed E-state index contributed by atoms with van der Waals surface area (Å²) in [4.78, 5) is 21.6. The molecule has 0 N–H and O–H groups in total. The highest BCUT2D eigenvalue weighted by Gasteiger charge is 2.10. The third-order valence-corrected chi connectivity index (χ3v) is 1.76. The van der Waals surface area contributed by atoms with Gasteiger partial charge in [-0.3, -0.25) is 0 Å². The van der Waals surface area contributed by atoms with E-state index in [0.717, 1.165) is 12.2 Å². The summed E-state index contributed by atoms with van der Waals surface area (Å²) < 4.78 is 9.75. The van der Waals surface area contributed by atoms with Gasteiger partial charge >= 0.3 is 11.9 Å². The highest BCUT2D eigenvalue weighted by molar-refractivity contribution is 5.81. The van der Waals surface area contributed by atoms with E-state index >= 15 is 0 Å². The molecule has 1 unspecified atom stereocenters. The lowest BCUT2D eigenvalue weighted by Crippen LogP contribution is -2.18. The molecular weight excluding hydrogens is 196 g/mol. The summed E-state index contributed by atoms with van der Waals surface area (Å²) >= 11 is 0. The van der Waals surface area contributed by atoms with Gasteiger partial charge in [0, 0.05) is 18.6 Å². The van der Waals surface area contributed by atoms with E-state index in [2.05, 4.69) is 13.2 Å². The topological polar surface area (TPSA) is 52.6 Å². The highest BCUT2D eigenvalue weighted by atomic mass is 16.6. The van der Waals surface area contributed by atoms with Crippen LogP contribution in [-0.4, -0.2) is 24.6 Å². The van der Waals surface area contributed by atoms with Crippen LogP contribution >= 0.6 is 0 Å². The van der Waals surface area contributed by atoms with E-state index in [9.17, 15) is 9.59 Å². The maximum Gasteiger partial charge on any atom is 0.330 e. The molecule has 0 aromatic rings. The van der Waals surface area contributed by atoms with Crippen molar-refractivity contribution in [2.45, 2.75) is 25.9 Å². The first kappa shape index (κ1) is 13.4. The molecule has 0 rings (SSSR count). The van der Waals surface area contributed by atoms with Crippen LogP contribution in [0.15, 0.2) is 25.3 Å². The molecule has 84 valence electrons. The van der Waals surface area contributed by atoms with E-state index in [4.69, 9.17) is 9.47 Å². The molecule has 15 heavy (non-hydrogen) atoms. The molecule has 0 spiro atoms. The molecule has 0 saturated carbocycles. The molecular formula is C11H16O4. The first-order valence-electron chi connectivity index (χ1n) is 4.76. The Morgan fingerprint density at radius 1 is 1.27 bits per heavy atom. The molecule has 0 aromatic heterocycles. The van der Waals surface area contributed by atoms with Crippen LogP contribution in [0.25, 0.3) is 0 Å². The number of rotatable bonds is 7. The van der Waals surface area contributed by atoms with Crippen LogP contribution in [-0.2, 0) is 19.1 Å². The lowest BCUT2D eigenvalue weighted by atomic mass is 10.2. The summed E-state index contributed by atoms with van der Waals surface area (Å²) in [5.74, 6) is -0.934. The van der Waals surface area contributed by atoms with E-state index in [1.54, 1.807) is 0 Å². The van der Waals surface area contributed by atoms with E-state index in [1.807, 2.05) is 6.92 Å². The Morgan fingerprint density at radius 3 is 2.33 bits per heavy atom. The van der Waals surface area contributed by atoms with Gasteiger partial charge in [0.1, 0.15) is 6.10 Å². The lowest BCUT2D eigenvalue weighted by Gasteiger charge is -2.14. The van der Waals surface area contributed by atoms with Crippen LogP contribution in [0.4, 0.5) is 0 Å². The fourth-order valence-electron chi connectivity index (χ4n) is 0.909. The maximum atomic E-state index is 10.9. The molecule has 0 radical (unpaired) electrons. The smallest absolute Gasteiger partial charge is 0.330 e. The predicted octanol–water partition coefficient (Wildman–Crippen LogP) is 1.61. The molecule has 1 atom stereocenters. The minimum atomic E-state index is -0.472. The minimum Gasteiger partial charge on any atom is -0.462 e. The molecule has 0 amide bonds. The summed E-state index contributed by atoms with van der Waals surface area (Å²) in [6.07, 6.45) is 3.11. The van der Waals surface area contributed by atoms with E-state index < -0.39 is 11.9 Å². The average Bonchev–Trinajstić information content (AvgIpc) is 2.26. The van der Waals surface area contributed by atoms with Gasteiger partial charge < -0.3 is 9.47 Å². The zero-order valence-electron chi connectivity index (χ0n) is 8.90. The Kier molecular flexibility index (Phi) is 6.97. The van der Waals surface area contributed by atoms with Gasteiger partial charge in [-0.1, -0.05) is 20.1 Å². The molecule has 0 fully saturated rings. The van der Waals surface area contributed by atoms with Crippen LogP contribution < -0.4 is 0 Å².